The Bertz CT molecular complexity index is 893. The molecule has 0 atom stereocenters. The third-order valence-corrected chi connectivity index (χ3v) is 4.41. The minimum atomic E-state index is 0.671. The fourth-order valence-corrected chi connectivity index (χ4v) is 2.97. The third kappa shape index (κ3) is 4.27. The van der Waals surface area contributed by atoms with Crippen molar-refractivity contribution < 1.29 is 4.74 Å². The second-order valence-corrected chi connectivity index (χ2v) is 6.27. The Morgan fingerprint density at radius 3 is 2.33 bits per heavy atom. The number of morpholine rings is 1. The second-order valence-electron chi connectivity index (χ2n) is 6.27. The van der Waals surface area contributed by atoms with Gasteiger partial charge in [-0.25, -0.2) is 9.97 Å². The second kappa shape index (κ2) is 7.92. The maximum absolute atomic E-state index is 5.97. The number of aromatic nitrogens is 2. The molecule has 1 fully saturated rings. The molecule has 138 valence electrons. The Labute approximate surface area is 158 Å². The number of nitrogens with two attached hydrogens (primary N) is 1. The molecule has 0 aliphatic carbocycles. The van der Waals surface area contributed by atoms with Crippen molar-refractivity contribution >= 4 is 34.4 Å². The Balaban J connectivity index is 1.44. The first-order valence-corrected chi connectivity index (χ1v) is 8.91. The van der Waals surface area contributed by atoms with Crippen molar-refractivity contribution in [1.29, 1.82) is 0 Å². The fourth-order valence-electron chi connectivity index (χ4n) is 2.97. The van der Waals surface area contributed by atoms with Gasteiger partial charge in [0.15, 0.2) is 0 Å². The van der Waals surface area contributed by atoms with Crippen LogP contribution in [0.1, 0.15) is 0 Å². The maximum atomic E-state index is 5.97. The average Bonchev–Trinajstić information content (AvgIpc) is 2.71. The molecule has 4 N–H and O–H groups in total. The molecule has 27 heavy (non-hydrogen) atoms. The van der Waals surface area contributed by atoms with Crippen LogP contribution in [0.5, 0.6) is 0 Å². The summed E-state index contributed by atoms with van der Waals surface area (Å²) in [5.41, 5.74) is 9.63. The van der Waals surface area contributed by atoms with Gasteiger partial charge in [-0.05, 0) is 36.4 Å². The predicted octanol–water partition coefficient (Wildman–Crippen LogP) is 3.38. The Hall–Kier alpha value is -3.32. The van der Waals surface area contributed by atoms with Gasteiger partial charge in [-0.3, -0.25) is 0 Å². The molecule has 0 saturated carbocycles. The van der Waals surface area contributed by atoms with Crippen LogP contribution in [0.2, 0.25) is 0 Å². The molecule has 7 nitrogen and oxygen atoms in total. The summed E-state index contributed by atoms with van der Waals surface area (Å²) in [6.45, 7) is 3.41. The standard InChI is InChI=1S/C20H22N6O/c21-17-3-1-2-4-18(17)25-20-13-19(22-14-23-20)24-15-5-7-16(8-6-15)26-9-11-27-12-10-26/h1-8,13-14H,9-12,21H2,(H2,22,23,24,25). The minimum absolute atomic E-state index is 0.671. The Morgan fingerprint density at radius 1 is 0.889 bits per heavy atom. The van der Waals surface area contributed by atoms with Crippen LogP contribution < -0.4 is 21.3 Å². The summed E-state index contributed by atoms with van der Waals surface area (Å²) in [4.78, 5) is 10.9. The van der Waals surface area contributed by atoms with E-state index in [1.54, 1.807) is 0 Å². The van der Waals surface area contributed by atoms with Gasteiger partial charge in [0, 0.05) is 30.5 Å². The van der Waals surface area contributed by atoms with Gasteiger partial charge < -0.3 is 26.0 Å². The zero-order valence-electron chi connectivity index (χ0n) is 14.9. The van der Waals surface area contributed by atoms with E-state index in [2.05, 4.69) is 49.8 Å². The average molecular weight is 362 g/mol. The van der Waals surface area contributed by atoms with E-state index in [4.69, 9.17) is 10.5 Å². The van der Waals surface area contributed by atoms with Crippen LogP contribution in [0.3, 0.4) is 0 Å². The molecule has 1 saturated heterocycles. The molecule has 0 radical (unpaired) electrons. The number of nitrogens with one attached hydrogen (secondary N) is 2. The van der Waals surface area contributed by atoms with Crippen molar-refractivity contribution in [3.8, 4) is 0 Å². The van der Waals surface area contributed by atoms with E-state index >= 15 is 0 Å². The molecule has 1 aromatic heterocycles. The molecular formula is C20H22N6O. The highest BCUT2D eigenvalue weighted by Crippen LogP contribution is 2.24. The van der Waals surface area contributed by atoms with Crippen LogP contribution in [0.15, 0.2) is 60.9 Å². The minimum Gasteiger partial charge on any atom is -0.397 e. The normalized spacial score (nSPS) is 14.0. The number of hydrogen-bond donors (Lipinski definition) is 3. The summed E-state index contributed by atoms with van der Waals surface area (Å²) in [5.74, 6) is 1.39. The van der Waals surface area contributed by atoms with Gasteiger partial charge in [0.1, 0.15) is 18.0 Å². The molecule has 0 spiro atoms. The lowest BCUT2D eigenvalue weighted by Gasteiger charge is -2.28. The number of nitrogens with zero attached hydrogens (tertiary/aromatic N) is 3. The van der Waals surface area contributed by atoms with Crippen LogP contribution in [0.4, 0.5) is 34.4 Å². The molecular weight excluding hydrogens is 340 g/mol. The van der Waals surface area contributed by atoms with E-state index in [1.807, 2.05) is 30.3 Å². The first-order chi connectivity index (χ1) is 13.3. The number of ether oxygens (including phenoxy) is 1. The summed E-state index contributed by atoms with van der Waals surface area (Å²) in [7, 11) is 0. The molecule has 2 aromatic carbocycles. The molecule has 0 bridgehead atoms. The van der Waals surface area contributed by atoms with Gasteiger partial charge in [0.25, 0.3) is 0 Å². The van der Waals surface area contributed by atoms with E-state index in [0.717, 1.165) is 37.7 Å². The highest BCUT2D eigenvalue weighted by Gasteiger charge is 2.11. The van der Waals surface area contributed by atoms with Crippen molar-refractivity contribution in [3.05, 3.63) is 60.9 Å². The van der Waals surface area contributed by atoms with Gasteiger partial charge in [0.2, 0.25) is 0 Å². The monoisotopic (exact) mass is 362 g/mol. The summed E-state index contributed by atoms with van der Waals surface area (Å²) in [6.07, 6.45) is 1.52. The summed E-state index contributed by atoms with van der Waals surface area (Å²) in [5, 5.41) is 6.53. The van der Waals surface area contributed by atoms with Crippen molar-refractivity contribution in [2.45, 2.75) is 0 Å². The van der Waals surface area contributed by atoms with Crippen molar-refractivity contribution in [1.82, 2.24) is 9.97 Å². The maximum Gasteiger partial charge on any atom is 0.135 e. The largest absolute Gasteiger partial charge is 0.397 e. The molecule has 4 rings (SSSR count). The molecule has 1 aliphatic rings. The topological polar surface area (TPSA) is 88.3 Å². The molecule has 7 heteroatoms. The van der Waals surface area contributed by atoms with Crippen molar-refractivity contribution in [3.63, 3.8) is 0 Å². The molecule has 2 heterocycles. The summed E-state index contributed by atoms with van der Waals surface area (Å²) < 4.78 is 5.40. The number of benzene rings is 2. The zero-order chi connectivity index (χ0) is 18.5. The first-order valence-electron chi connectivity index (χ1n) is 8.91. The summed E-state index contributed by atoms with van der Waals surface area (Å²) >= 11 is 0. The van der Waals surface area contributed by atoms with E-state index < -0.39 is 0 Å². The number of anilines is 6. The third-order valence-electron chi connectivity index (χ3n) is 4.41. The first kappa shape index (κ1) is 17.1. The molecule has 3 aromatic rings. The van der Waals surface area contributed by atoms with Gasteiger partial charge in [-0.1, -0.05) is 12.1 Å². The highest BCUT2D eigenvalue weighted by molar-refractivity contribution is 5.72. The fraction of sp³-hybridized carbons (Fsp3) is 0.200. The smallest absolute Gasteiger partial charge is 0.135 e. The van der Waals surface area contributed by atoms with Crippen LogP contribution in [0.25, 0.3) is 0 Å². The lowest BCUT2D eigenvalue weighted by atomic mass is 10.2. The summed E-state index contributed by atoms with van der Waals surface area (Å²) in [6, 6.07) is 17.8. The Morgan fingerprint density at radius 2 is 1.59 bits per heavy atom. The molecule has 1 aliphatic heterocycles. The lowest BCUT2D eigenvalue weighted by Crippen LogP contribution is -2.36. The van der Waals surface area contributed by atoms with E-state index in [1.165, 1.54) is 12.0 Å². The number of hydrogen-bond acceptors (Lipinski definition) is 7. The predicted molar refractivity (Wildman–Crippen MR) is 109 cm³/mol. The lowest BCUT2D eigenvalue weighted by molar-refractivity contribution is 0.122. The number of nitrogen functional groups attached to an aromatic ring is 1. The van der Waals surface area contributed by atoms with Gasteiger partial charge in [-0.2, -0.15) is 0 Å². The van der Waals surface area contributed by atoms with Crippen LogP contribution in [-0.2, 0) is 4.74 Å². The SMILES string of the molecule is Nc1ccccc1Nc1cc(Nc2ccc(N3CCOCC3)cc2)ncn1. The van der Waals surface area contributed by atoms with Crippen LogP contribution >= 0.6 is 0 Å². The quantitative estimate of drug-likeness (QED) is 0.600. The van der Waals surface area contributed by atoms with E-state index in [9.17, 15) is 0 Å². The van der Waals surface area contributed by atoms with Gasteiger partial charge in [-0.15, -0.1) is 0 Å². The molecule has 0 unspecified atom stereocenters. The van der Waals surface area contributed by atoms with Gasteiger partial charge >= 0.3 is 0 Å². The number of para-hydroxylation sites is 2. The van der Waals surface area contributed by atoms with Crippen LogP contribution in [0, 0.1) is 0 Å². The highest BCUT2D eigenvalue weighted by atomic mass is 16.5. The number of rotatable bonds is 5. The van der Waals surface area contributed by atoms with E-state index in [0.29, 0.717) is 17.3 Å². The Kier molecular flexibility index (Phi) is 5.02. The molecule has 0 amide bonds. The van der Waals surface area contributed by atoms with Crippen molar-refractivity contribution in [2.24, 2.45) is 0 Å². The van der Waals surface area contributed by atoms with E-state index in [-0.39, 0.29) is 0 Å². The van der Waals surface area contributed by atoms with Crippen molar-refractivity contribution in [2.75, 3.05) is 47.6 Å². The zero-order valence-corrected chi connectivity index (χ0v) is 14.9. The van der Waals surface area contributed by atoms with Crippen LogP contribution in [-0.4, -0.2) is 36.3 Å². The van der Waals surface area contributed by atoms with Gasteiger partial charge in [0.05, 0.1) is 24.6 Å².